The second-order valence-electron chi connectivity index (χ2n) is 30.4. The molecule has 0 aromatic carbocycles. The summed E-state index contributed by atoms with van der Waals surface area (Å²) in [5.41, 5.74) is 0. The number of carbonyl (C=O) groups is 4. The van der Waals surface area contributed by atoms with E-state index < -0.39 is 97.5 Å². The highest BCUT2D eigenvalue weighted by Gasteiger charge is 2.30. The molecule has 0 spiro atoms. The number of hydrogen-bond acceptors (Lipinski definition) is 15. The number of aliphatic hydroxyl groups excluding tert-OH is 1. The molecule has 594 valence electrons. The number of ether oxygens (including phenoxy) is 4. The molecule has 0 aromatic heterocycles. The minimum Gasteiger partial charge on any atom is -0.462 e. The molecule has 3 unspecified atom stereocenters. The summed E-state index contributed by atoms with van der Waals surface area (Å²) in [5.74, 6) is 0.180. The summed E-state index contributed by atoms with van der Waals surface area (Å²) in [5, 5.41) is 10.6. The van der Waals surface area contributed by atoms with Gasteiger partial charge >= 0.3 is 39.5 Å². The third-order valence-electron chi connectivity index (χ3n) is 19.2. The van der Waals surface area contributed by atoms with Crippen LogP contribution in [-0.2, 0) is 65.4 Å². The van der Waals surface area contributed by atoms with Crippen LogP contribution in [0.15, 0.2) is 0 Å². The van der Waals surface area contributed by atoms with E-state index in [0.29, 0.717) is 31.6 Å². The minimum absolute atomic E-state index is 0.104. The van der Waals surface area contributed by atoms with Gasteiger partial charge in [-0.3, -0.25) is 37.3 Å². The van der Waals surface area contributed by atoms with E-state index in [1.54, 1.807) is 0 Å². The van der Waals surface area contributed by atoms with Crippen LogP contribution >= 0.6 is 15.6 Å². The van der Waals surface area contributed by atoms with Crippen molar-refractivity contribution in [1.82, 2.24) is 0 Å². The van der Waals surface area contributed by atoms with Crippen LogP contribution < -0.4 is 0 Å². The number of hydrogen-bond donors (Lipinski definition) is 3. The van der Waals surface area contributed by atoms with Gasteiger partial charge in [-0.25, -0.2) is 9.13 Å². The molecule has 0 heterocycles. The van der Waals surface area contributed by atoms with Crippen LogP contribution in [0, 0.1) is 17.8 Å². The lowest BCUT2D eigenvalue weighted by Crippen LogP contribution is -2.30. The number of carbonyl (C=O) groups excluding carboxylic acids is 4. The SMILES string of the molecule is CCCCCCCCCCCCCCCCCCCC(=O)OC[C@H](COP(=O)(O)OC[C@@H](O)COP(=O)(O)OC[C@@H](COC(=O)CCCCCCCCCC(C)C)OC(=O)CCCCCCCCCCC(C)C)OC(=O)CCCCCCCCCCCCCCCCCCCCC(C)CC. The first-order valence-corrected chi connectivity index (χ1v) is 44.9. The number of phosphoric acid groups is 2. The van der Waals surface area contributed by atoms with Crippen LogP contribution in [0.3, 0.4) is 0 Å². The number of unbranched alkanes of at least 4 members (excludes halogenated alkanes) is 46. The fourth-order valence-corrected chi connectivity index (χ4v) is 14.0. The van der Waals surface area contributed by atoms with Gasteiger partial charge < -0.3 is 33.8 Å². The molecule has 0 radical (unpaired) electrons. The Morgan fingerprint density at radius 2 is 0.510 bits per heavy atom. The van der Waals surface area contributed by atoms with E-state index in [2.05, 4.69) is 48.5 Å². The number of esters is 4. The van der Waals surface area contributed by atoms with Gasteiger partial charge in [0.15, 0.2) is 12.2 Å². The monoisotopic (exact) mass is 1470 g/mol. The molecule has 19 heteroatoms. The zero-order valence-electron chi connectivity index (χ0n) is 65.7. The lowest BCUT2D eigenvalue weighted by Gasteiger charge is -2.21. The zero-order valence-corrected chi connectivity index (χ0v) is 67.5. The summed E-state index contributed by atoms with van der Waals surface area (Å²) >= 11 is 0. The lowest BCUT2D eigenvalue weighted by atomic mass is 9.99. The van der Waals surface area contributed by atoms with Crippen LogP contribution in [-0.4, -0.2) is 96.7 Å². The number of aliphatic hydroxyl groups is 1. The summed E-state index contributed by atoms with van der Waals surface area (Å²) < 4.78 is 68.6. The van der Waals surface area contributed by atoms with Gasteiger partial charge in [-0.15, -0.1) is 0 Å². The van der Waals surface area contributed by atoms with Crippen molar-refractivity contribution in [1.29, 1.82) is 0 Å². The highest BCUT2D eigenvalue weighted by Crippen LogP contribution is 2.45. The van der Waals surface area contributed by atoms with Crippen LogP contribution in [0.25, 0.3) is 0 Å². The molecule has 0 fully saturated rings. The molecule has 6 atom stereocenters. The molecule has 0 aliphatic carbocycles. The molecule has 0 saturated heterocycles. The van der Waals surface area contributed by atoms with Crippen LogP contribution in [0.2, 0.25) is 0 Å². The van der Waals surface area contributed by atoms with Crippen molar-refractivity contribution in [2.75, 3.05) is 39.6 Å². The average molecular weight is 1470 g/mol. The molecule has 0 rings (SSSR count). The topological polar surface area (TPSA) is 237 Å². The standard InChI is InChI=1S/C81H158O17P2/c1-8-10-11-12-13-14-15-16-17-20-24-27-30-33-41-48-55-62-78(83)91-68-76(97-80(85)64-57-50-42-34-31-28-25-22-19-18-21-23-26-29-32-40-47-54-61-74(7)9-2)70-95-99(87,88)93-66-75(82)67-94-100(89,90)96-71-77(69-92-79(84)63-56-49-44-37-39-46-53-60-73(5)6)98-81(86)65-58-51-43-36-35-38-45-52-59-72(3)4/h72-77,82H,8-71H2,1-7H3,(H,87,88)(H,89,90)/t74?,75-,76-,77-/m1/s1. The highest BCUT2D eigenvalue weighted by molar-refractivity contribution is 7.47. The Bertz CT molecular complexity index is 1940. The second-order valence-corrected chi connectivity index (χ2v) is 33.3. The van der Waals surface area contributed by atoms with Crippen molar-refractivity contribution in [3.05, 3.63) is 0 Å². The van der Waals surface area contributed by atoms with E-state index in [4.69, 9.17) is 37.0 Å². The fourth-order valence-electron chi connectivity index (χ4n) is 12.5. The Balaban J connectivity index is 5.20. The first-order chi connectivity index (χ1) is 48.3. The molecule has 3 N–H and O–H groups in total. The molecular weight excluding hydrogens is 1310 g/mol. The van der Waals surface area contributed by atoms with Crippen LogP contribution in [0.5, 0.6) is 0 Å². The van der Waals surface area contributed by atoms with E-state index >= 15 is 0 Å². The fraction of sp³-hybridized carbons (Fsp3) is 0.951. The van der Waals surface area contributed by atoms with E-state index in [1.165, 1.54) is 225 Å². The Labute approximate surface area is 613 Å². The molecule has 0 aliphatic rings. The zero-order chi connectivity index (χ0) is 73.7. The highest BCUT2D eigenvalue weighted by atomic mass is 31.2. The Hall–Kier alpha value is -1.94. The van der Waals surface area contributed by atoms with E-state index in [9.17, 15) is 43.2 Å². The summed E-state index contributed by atoms with van der Waals surface area (Å²) in [6, 6.07) is 0. The minimum atomic E-state index is -4.96. The molecule has 0 aliphatic heterocycles. The smallest absolute Gasteiger partial charge is 0.462 e. The predicted molar refractivity (Wildman–Crippen MR) is 409 cm³/mol. The Morgan fingerprint density at radius 1 is 0.290 bits per heavy atom. The molecule has 17 nitrogen and oxygen atoms in total. The maximum Gasteiger partial charge on any atom is 0.472 e. The van der Waals surface area contributed by atoms with Gasteiger partial charge in [0.2, 0.25) is 0 Å². The second kappa shape index (κ2) is 71.3. The summed E-state index contributed by atoms with van der Waals surface area (Å²) in [7, 11) is -9.92. The Kier molecular flexibility index (Phi) is 69.9. The number of rotatable bonds is 79. The van der Waals surface area contributed by atoms with E-state index in [0.717, 1.165) is 108 Å². The van der Waals surface area contributed by atoms with Crippen LogP contribution in [0.4, 0.5) is 0 Å². The predicted octanol–water partition coefficient (Wildman–Crippen LogP) is 24.1. The van der Waals surface area contributed by atoms with Crippen molar-refractivity contribution in [3.8, 4) is 0 Å². The van der Waals surface area contributed by atoms with Crippen molar-refractivity contribution in [2.45, 2.75) is 439 Å². The maximum absolute atomic E-state index is 13.1. The lowest BCUT2D eigenvalue weighted by molar-refractivity contribution is -0.161. The first kappa shape index (κ1) is 98.1. The first-order valence-electron chi connectivity index (χ1n) is 41.9. The van der Waals surface area contributed by atoms with Gasteiger partial charge in [0, 0.05) is 25.7 Å². The summed E-state index contributed by atoms with van der Waals surface area (Å²) in [6.07, 6.45) is 59.9. The average Bonchev–Trinajstić information content (AvgIpc) is 1.02. The van der Waals surface area contributed by atoms with Crippen molar-refractivity contribution in [2.24, 2.45) is 17.8 Å². The van der Waals surface area contributed by atoms with Crippen LogP contribution in [0.1, 0.15) is 421 Å². The van der Waals surface area contributed by atoms with Crippen molar-refractivity contribution in [3.63, 3.8) is 0 Å². The summed E-state index contributed by atoms with van der Waals surface area (Å²) in [6.45, 7) is 11.9. The van der Waals surface area contributed by atoms with E-state index in [1.807, 2.05) is 0 Å². The molecule has 0 bridgehead atoms. The van der Waals surface area contributed by atoms with Gasteiger partial charge in [0.05, 0.1) is 26.4 Å². The van der Waals surface area contributed by atoms with Gasteiger partial charge in [-0.2, -0.15) is 0 Å². The van der Waals surface area contributed by atoms with E-state index in [-0.39, 0.29) is 25.7 Å². The molecular formula is C81H158O17P2. The van der Waals surface area contributed by atoms with Crippen molar-refractivity contribution >= 4 is 39.5 Å². The van der Waals surface area contributed by atoms with Gasteiger partial charge in [0.1, 0.15) is 19.3 Å². The normalized spacial score (nSPS) is 14.2. The maximum atomic E-state index is 13.1. The molecule has 0 aromatic rings. The molecule has 0 amide bonds. The third-order valence-corrected chi connectivity index (χ3v) is 21.1. The third kappa shape index (κ3) is 73.0. The molecule has 0 saturated carbocycles. The van der Waals surface area contributed by atoms with Gasteiger partial charge in [-0.1, -0.05) is 370 Å². The summed E-state index contributed by atoms with van der Waals surface area (Å²) in [4.78, 5) is 72.9. The quantitative estimate of drug-likeness (QED) is 0.0222. The molecule has 100 heavy (non-hydrogen) atoms. The largest absolute Gasteiger partial charge is 0.472 e. The van der Waals surface area contributed by atoms with Gasteiger partial charge in [-0.05, 0) is 43.4 Å². The van der Waals surface area contributed by atoms with Crippen molar-refractivity contribution < 1.29 is 80.2 Å². The number of phosphoric ester groups is 2. The van der Waals surface area contributed by atoms with Gasteiger partial charge in [0.25, 0.3) is 0 Å². The Morgan fingerprint density at radius 3 is 0.760 bits per heavy atom.